The molecule has 10 heteroatoms. The van der Waals surface area contributed by atoms with Crippen molar-refractivity contribution in [3.8, 4) is 0 Å². The third-order valence-corrected chi connectivity index (χ3v) is 5.26. The van der Waals surface area contributed by atoms with Crippen LogP contribution in [-0.2, 0) is 0 Å². The van der Waals surface area contributed by atoms with E-state index in [0.29, 0.717) is 10.7 Å². The minimum absolute atomic E-state index is 0.0504. The molecule has 1 saturated heterocycles. The zero-order chi connectivity index (χ0) is 20.6. The van der Waals surface area contributed by atoms with Crippen LogP contribution in [0.1, 0.15) is 19.3 Å². The van der Waals surface area contributed by atoms with Crippen molar-refractivity contribution in [2.24, 2.45) is 4.99 Å². The van der Waals surface area contributed by atoms with Gasteiger partial charge >= 0.3 is 6.03 Å². The number of urea groups is 1. The van der Waals surface area contributed by atoms with E-state index in [-0.39, 0.29) is 38.2 Å². The van der Waals surface area contributed by atoms with Gasteiger partial charge in [0.2, 0.25) is 0 Å². The molecule has 2 amide bonds. The molecule has 0 radical (unpaired) electrons. The van der Waals surface area contributed by atoms with Crippen LogP contribution >= 0.6 is 11.6 Å². The van der Waals surface area contributed by atoms with Gasteiger partial charge in [0.1, 0.15) is 5.83 Å². The number of amides is 2. The quantitative estimate of drug-likeness (QED) is 0.669. The third-order valence-electron chi connectivity index (χ3n) is 5.02. The van der Waals surface area contributed by atoms with Gasteiger partial charge in [-0.25, -0.2) is 23.0 Å². The first-order valence-corrected chi connectivity index (χ1v) is 9.58. The minimum atomic E-state index is -2.71. The lowest BCUT2D eigenvalue weighted by molar-refractivity contribution is -0.0496. The number of hydrogen-bond donors (Lipinski definition) is 3. The molecule has 3 N–H and O–H groups in total. The van der Waals surface area contributed by atoms with Gasteiger partial charge in [-0.2, -0.15) is 0 Å². The molecule has 1 aromatic heterocycles. The molecule has 2 aromatic rings. The van der Waals surface area contributed by atoms with Crippen molar-refractivity contribution < 1.29 is 18.0 Å². The van der Waals surface area contributed by atoms with Crippen molar-refractivity contribution in [3.05, 3.63) is 41.1 Å². The van der Waals surface area contributed by atoms with E-state index >= 15 is 0 Å². The zero-order valence-electron chi connectivity index (χ0n) is 15.3. The summed E-state index contributed by atoms with van der Waals surface area (Å²) in [5, 5.41) is 6.64. The highest BCUT2D eigenvalue weighted by Gasteiger charge is 2.36. The minimum Gasteiger partial charge on any atom is -0.359 e. The fourth-order valence-corrected chi connectivity index (χ4v) is 3.65. The van der Waals surface area contributed by atoms with Crippen LogP contribution in [0.25, 0.3) is 10.9 Å². The predicted octanol–water partition coefficient (Wildman–Crippen LogP) is 4.66. The Morgan fingerprint density at radius 2 is 2.07 bits per heavy atom. The number of anilines is 1. The third kappa shape index (κ3) is 4.34. The molecule has 154 valence electrons. The summed E-state index contributed by atoms with van der Waals surface area (Å²) >= 11 is 6.00. The van der Waals surface area contributed by atoms with E-state index in [1.165, 1.54) is 11.1 Å². The Hall–Kier alpha value is -2.68. The largest absolute Gasteiger partial charge is 0.359 e. The number of carbonyl (C=O) groups excluding carboxylic acids is 1. The number of nitrogens with zero attached hydrogens (tertiary/aromatic N) is 2. The fourth-order valence-electron chi connectivity index (χ4n) is 3.48. The van der Waals surface area contributed by atoms with Crippen LogP contribution in [0.15, 0.2) is 41.0 Å². The SMILES string of the molecule is O=C(Nc1c[nH]c2ccc(Cl)cc12)NC1C=NC(N2CCC(F)(F)CC2)=C(F)C1. The molecule has 0 saturated carbocycles. The van der Waals surface area contributed by atoms with Gasteiger partial charge in [-0.15, -0.1) is 0 Å². The smallest absolute Gasteiger partial charge is 0.319 e. The average Bonchev–Trinajstić information content (AvgIpc) is 3.04. The molecule has 0 aliphatic carbocycles. The molecule has 1 atom stereocenters. The number of hydrogen-bond acceptors (Lipinski definition) is 3. The van der Waals surface area contributed by atoms with Gasteiger partial charge in [0.25, 0.3) is 5.92 Å². The average molecular weight is 426 g/mol. The maximum Gasteiger partial charge on any atom is 0.319 e. The number of halogens is 4. The number of carbonyl (C=O) groups is 1. The van der Waals surface area contributed by atoms with E-state index in [0.717, 1.165) is 10.9 Å². The van der Waals surface area contributed by atoms with E-state index < -0.39 is 23.8 Å². The molecule has 2 aliphatic rings. The molecule has 29 heavy (non-hydrogen) atoms. The summed E-state index contributed by atoms with van der Waals surface area (Å²) in [6.07, 6.45) is 2.34. The van der Waals surface area contributed by atoms with Crippen LogP contribution in [0.3, 0.4) is 0 Å². The van der Waals surface area contributed by atoms with Crippen molar-refractivity contribution in [3.63, 3.8) is 0 Å². The van der Waals surface area contributed by atoms with Gasteiger partial charge in [0.15, 0.2) is 5.82 Å². The molecule has 0 spiro atoms. The highest BCUT2D eigenvalue weighted by atomic mass is 35.5. The number of rotatable bonds is 3. The number of benzene rings is 1. The number of likely N-dealkylation sites (tertiary alicyclic amines) is 1. The van der Waals surface area contributed by atoms with Crippen molar-refractivity contribution in [1.82, 2.24) is 15.2 Å². The number of H-pyrrole nitrogens is 1. The van der Waals surface area contributed by atoms with Crippen molar-refractivity contribution in [2.45, 2.75) is 31.2 Å². The standard InChI is InChI=1S/C19H19ClF3N5O/c20-11-1-2-15-13(7-11)16(10-24-15)27-18(29)26-12-8-14(21)17(25-9-12)28-5-3-19(22,23)4-6-28/h1-2,7,9-10,12,24H,3-6,8H2,(H2,26,27,29). The van der Waals surface area contributed by atoms with Gasteiger partial charge in [0, 0.05) is 60.7 Å². The monoisotopic (exact) mass is 425 g/mol. The first-order chi connectivity index (χ1) is 13.8. The molecular formula is C19H19ClF3N5O. The summed E-state index contributed by atoms with van der Waals surface area (Å²) in [5.41, 5.74) is 1.35. The Balaban J connectivity index is 1.36. The summed E-state index contributed by atoms with van der Waals surface area (Å²) < 4.78 is 41.1. The van der Waals surface area contributed by atoms with E-state index in [1.807, 2.05) is 0 Å². The Morgan fingerprint density at radius 3 is 2.79 bits per heavy atom. The molecule has 0 bridgehead atoms. The van der Waals surface area contributed by atoms with Gasteiger partial charge < -0.3 is 20.5 Å². The number of aromatic nitrogens is 1. The van der Waals surface area contributed by atoms with Crippen LogP contribution < -0.4 is 10.6 Å². The summed E-state index contributed by atoms with van der Waals surface area (Å²) in [7, 11) is 0. The summed E-state index contributed by atoms with van der Waals surface area (Å²) in [5.74, 6) is -3.16. The Bertz CT molecular complexity index is 993. The normalized spacial score (nSPS) is 21.5. The second-order valence-electron chi connectivity index (χ2n) is 7.15. The van der Waals surface area contributed by atoms with Crippen molar-refractivity contribution in [1.29, 1.82) is 0 Å². The van der Waals surface area contributed by atoms with Gasteiger partial charge in [-0.05, 0) is 18.2 Å². The first-order valence-electron chi connectivity index (χ1n) is 9.20. The van der Waals surface area contributed by atoms with Gasteiger partial charge in [-0.1, -0.05) is 11.6 Å². The molecule has 4 rings (SSSR count). The zero-order valence-corrected chi connectivity index (χ0v) is 16.1. The predicted molar refractivity (Wildman–Crippen MR) is 106 cm³/mol. The van der Waals surface area contributed by atoms with E-state index in [1.54, 1.807) is 24.4 Å². The molecule has 1 unspecified atom stereocenters. The van der Waals surface area contributed by atoms with Crippen LogP contribution in [-0.4, -0.2) is 47.2 Å². The van der Waals surface area contributed by atoms with E-state index in [9.17, 15) is 18.0 Å². The van der Waals surface area contributed by atoms with Crippen LogP contribution in [0.2, 0.25) is 5.02 Å². The lowest BCUT2D eigenvalue weighted by atomic mass is 10.1. The highest BCUT2D eigenvalue weighted by molar-refractivity contribution is 6.31. The Morgan fingerprint density at radius 1 is 1.31 bits per heavy atom. The van der Waals surface area contributed by atoms with Crippen LogP contribution in [0.4, 0.5) is 23.7 Å². The number of aliphatic imine (C=N–C) groups is 1. The number of fused-ring (bicyclic) bond motifs is 1. The van der Waals surface area contributed by atoms with Gasteiger partial charge in [0.05, 0.1) is 11.7 Å². The Kier molecular flexibility index (Phi) is 5.16. The Labute approximate surface area is 169 Å². The first kappa shape index (κ1) is 19.6. The van der Waals surface area contributed by atoms with Crippen LogP contribution in [0.5, 0.6) is 0 Å². The molecule has 6 nitrogen and oxygen atoms in total. The van der Waals surface area contributed by atoms with Crippen LogP contribution in [0, 0.1) is 0 Å². The molecule has 1 fully saturated rings. The molecule has 2 aliphatic heterocycles. The van der Waals surface area contributed by atoms with Crippen molar-refractivity contribution in [2.75, 3.05) is 18.4 Å². The lowest BCUT2D eigenvalue weighted by Crippen LogP contribution is -2.42. The van der Waals surface area contributed by atoms with E-state index in [2.05, 4.69) is 20.6 Å². The second-order valence-corrected chi connectivity index (χ2v) is 7.59. The maximum atomic E-state index is 14.5. The van der Waals surface area contributed by atoms with Gasteiger partial charge in [-0.3, -0.25) is 0 Å². The number of piperidine rings is 1. The van der Waals surface area contributed by atoms with Crippen molar-refractivity contribution >= 4 is 40.4 Å². The molecule has 1 aromatic carbocycles. The molecular weight excluding hydrogens is 407 g/mol. The maximum absolute atomic E-state index is 14.5. The lowest BCUT2D eigenvalue weighted by Gasteiger charge is -2.34. The topological polar surface area (TPSA) is 72.5 Å². The highest BCUT2D eigenvalue weighted by Crippen LogP contribution is 2.32. The summed E-state index contributed by atoms with van der Waals surface area (Å²) in [6.45, 7) is 0.101. The summed E-state index contributed by atoms with van der Waals surface area (Å²) in [6, 6.07) is 4.10. The number of aromatic amines is 1. The fraction of sp³-hybridized carbons (Fsp3) is 0.368. The summed E-state index contributed by atoms with van der Waals surface area (Å²) in [4.78, 5) is 20.9. The second kappa shape index (κ2) is 7.62. The number of alkyl halides is 2. The van der Waals surface area contributed by atoms with E-state index in [4.69, 9.17) is 11.6 Å². The number of nitrogens with one attached hydrogen (secondary N) is 3. The molecule has 3 heterocycles.